The number of rotatable bonds is 2. The number of hydrogen-bond acceptors (Lipinski definition) is 15. The minimum Gasteiger partial charge on any atom is -0.394 e. The van der Waals surface area contributed by atoms with Crippen LogP contribution < -0.4 is 22.6 Å². The summed E-state index contributed by atoms with van der Waals surface area (Å²) in [5, 5.41) is 28.7. The van der Waals surface area contributed by atoms with Gasteiger partial charge >= 0.3 is 0 Å². The Hall–Kier alpha value is -5.02. The van der Waals surface area contributed by atoms with Gasteiger partial charge in [-0.25, -0.2) is 29.9 Å². The maximum atomic E-state index is 11.0. The SMILES string of the molecule is Cl.Nc1nc2[nH]cnc2c(=O)[nH]1.Nc1ncnc2c1ncn2[C@@H]1O[C@H](CO)[C@@H](O)[C@H]1O.O=c1[nH]cnc2nc[nH]c12. The first-order chi connectivity index (χ1) is 19.3. The molecule has 0 unspecified atom stereocenters. The number of aromatic amines is 4. The predicted octanol–water partition coefficient (Wildman–Crippen LogP) is -2.68. The Balaban J connectivity index is 0.000000150. The number of nitrogen functional groups attached to an aromatic ring is 2. The number of H-pyrrole nitrogens is 4. The first-order valence-electron chi connectivity index (χ1n) is 11.4. The topological polar surface area (TPSA) is 314 Å². The summed E-state index contributed by atoms with van der Waals surface area (Å²) in [6.45, 7) is -0.390. The van der Waals surface area contributed by atoms with E-state index in [4.69, 9.17) is 21.3 Å². The van der Waals surface area contributed by atoms with Gasteiger partial charge in [0.2, 0.25) is 5.95 Å². The van der Waals surface area contributed by atoms with Gasteiger partial charge in [0.15, 0.2) is 40.0 Å². The molecule has 0 bridgehead atoms. The van der Waals surface area contributed by atoms with Crippen molar-refractivity contribution in [3.8, 4) is 0 Å². The Morgan fingerprint density at radius 2 is 1.63 bits per heavy atom. The van der Waals surface area contributed by atoms with E-state index < -0.39 is 31.1 Å². The van der Waals surface area contributed by atoms with E-state index in [0.29, 0.717) is 28.0 Å². The van der Waals surface area contributed by atoms with Crippen molar-refractivity contribution in [2.75, 3.05) is 18.1 Å². The highest BCUT2D eigenvalue weighted by Crippen LogP contribution is 2.31. The Labute approximate surface area is 232 Å². The van der Waals surface area contributed by atoms with E-state index in [-0.39, 0.29) is 40.8 Å². The summed E-state index contributed by atoms with van der Waals surface area (Å²) in [5.74, 6) is 0.308. The molecular formula is C20H23ClN14O6. The number of ether oxygens (including phenoxy) is 1. The molecule has 6 aromatic rings. The van der Waals surface area contributed by atoms with Crippen LogP contribution in [0.2, 0.25) is 0 Å². The van der Waals surface area contributed by atoms with E-state index in [0.717, 1.165) is 0 Å². The lowest BCUT2D eigenvalue weighted by atomic mass is 10.1. The molecule has 21 heteroatoms. The second-order valence-electron chi connectivity index (χ2n) is 8.20. The Kier molecular flexibility index (Phi) is 8.49. The van der Waals surface area contributed by atoms with Crippen molar-refractivity contribution < 1.29 is 20.1 Å². The molecule has 0 saturated carbocycles. The molecule has 0 amide bonds. The molecule has 20 nitrogen and oxygen atoms in total. The van der Waals surface area contributed by atoms with Crippen LogP contribution in [0.1, 0.15) is 6.23 Å². The number of halogens is 1. The van der Waals surface area contributed by atoms with Crippen molar-refractivity contribution >= 4 is 57.7 Å². The van der Waals surface area contributed by atoms with Gasteiger partial charge in [0.25, 0.3) is 11.1 Å². The Bertz CT molecular complexity index is 1880. The lowest BCUT2D eigenvalue weighted by Gasteiger charge is -2.16. The van der Waals surface area contributed by atoms with Crippen molar-refractivity contribution in [2.24, 2.45) is 0 Å². The van der Waals surface area contributed by atoms with Crippen LogP contribution >= 0.6 is 12.4 Å². The molecule has 1 saturated heterocycles. The summed E-state index contributed by atoms with van der Waals surface area (Å²) < 4.78 is 6.85. The number of aliphatic hydroxyl groups excluding tert-OH is 3. The standard InChI is InChI=1S/C10H13N5O4.C5H5N5O.C5H4N4O.ClH/c11-8-5-9(13-2-12-8)15(3-14-5)10-7(18)6(17)4(1-16)19-10;6-5-9-3-2(4(11)10-5)7-1-8-3;10-5-3-4(7-1-6-3)8-2-9-5;/h2-4,6-7,10,16-18H,1H2,(H2,11,12,13);1H,(H4,6,7,8,9,10,11);1-2H,(H2,6,7,8,9,10);1H/t4-,6-,7-,10-;;;/m1.../s1. The number of nitrogens with one attached hydrogen (secondary N) is 4. The Morgan fingerprint density at radius 1 is 0.902 bits per heavy atom. The quantitative estimate of drug-likeness (QED) is 0.0991. The van der Waals surface area contributed by atoms with E-state index in [1.165, 1.54) is 36.2 Å². The van der Waals surface area contributed by atoms with E-state index in [9.17, 15) is 19.8 Å². The fraction of sp³-hybridized carbons (Fsp3) is 0.250. The largest absolute Gasteiger partial charge is 0.394 e. The fourth-order valence-corrected chi connectivity index (χ4v) is 3.81. The number of hydrogen-bond donors (Lipinski definition) is 9. The molecular weight excluding hydrogens is 568 g/mol. The van der Waals surface area contributed by atoms with Gasteiger partial charge < -0.3 is 46.5 Å². The second-order valence-corrected chi connectivity index (χ2v) is 8.20. The zero-order valence-corrected chi connectivity index (χ0v) is 21.4. The number of nitrogens with two attached hydrogens (primary N) is 2. The highest BCUT2D eigenvalue weighted by Gasteiger charge is 2.43. The zero-order valence-electron chi connectivity index (χ0n) is 20.6. The van der Waals surface area contributed by atoms with Gasteiger partial charge in [0.1, 0.15) is 30.2 Å². The lowest BCUT2D eigenvalue weighted by Crippen LogP contribution is -2.33. The third-order valence-electron chi connectivity index (χ3n) is 5.72. The molecule has 0 aromatic carbocycles. The third-order valence-corrected chi connectivity index (χ3v) is 5.72. The van der Waals surface area contributed by atoms with Crippen LogP contribution in [0.3, 0.4) is 0 Å². The van der Waals surface area contributed by atoms with Crippen LogP contribution in [0.15, 0.2) is 41.2 Å². The summed E-state index contributed by atoms with van der Waals surface area (Å²) in [6.07, 6.45) is 2.73. The number of aliphatic hydroxyl groups is 3. The molecule has 6 aromatic heterocycles. The van der Waals surface area contributed by atoms with Crippen LogP contribution in [-0.2, 0) is 4.74 Å². The summed E-state index contributed by atoms with van der Waals surface area (Å²) in [4.78, 5) is 59.0. The summed E-state index contributed by atoms with van der Waals surface area (Å²) >= 11 is 0. The van der Waals surface area contributed by atoms with E-state index >= 15 is 0 Å². The number of nitrogens with zero attached hydrogens (tertiary/aromatic N) is 8. The van der Waals surface area contributed by atoms with Gasteiger partial charge in [0, 0.05) is 0 Å². The van der Waals surface area contributed by atoms with Crippen LogP contribution in [0.5, 0.6) is 0 Å². The normalized spacial score (nSPS) is 19.8. The van der Waals surface area contributed by atoms with Crippen LogP contribution in [0, 0.1) is 0 Å². The first kappa shape index (κ1) is 29.0. The van der Waals surface area contributed by atoms with Crippen LogP contribution in [0.4, 0.5) is 11.8 Å². The van der Waals surface area contributed by atoms with Crippen molar-refractivity contribution in [2.45, 2.75) is 24.5 Å². The van der Waals surface area contributed by atoms with Crippen molar-refractivity contribution in [3.05, 3.63) is 52.3 Å². The molecule has 11 N–H and O–H groups in total. The predicted molar refractivity (Wildman–Crippen MR) is 143 cm³/mol. The van der Waals surface area contributed by atoms with Gasteiger partial charge in [-0.15, -0.1) is 12.4 Å². The van der Waals surface area contributed by atoms with Gasteiger partial charge in [-0.3, -0.25) is 19.1 Å². The maximum Gasteiger partial charge on any atom is 0.280 e. The second kappa shape index (κ2) is 12.0. The number of fused-ring (bicyclic) bond motifs is 3. The molecule has 7 rings (SSSR count). The smallest absolute Gasteiger partial charge is 0.280 e. The summed E-state index contributed by atoms with van der Waals surface area (Å²) in [5.41, 5.74) is 12.7. The van der Waals surface area contributed by atoms with E-state index in [1.54, 1.807) is 0 Å². The molecule has 1 aliphatic heterocycles. The third kappa shape index (κ3) is 5.66. The van der Waals surface area contributed by atoms with E-state index in [1.807, 2.05) is 0 Å². The average Bonchev–Trinajstić information content (AvgIpc) is 3.73. The van der Waals surface area contributed by atoms with Crippen LogP contribution in [-0.4, -0.2) is 99.6 Å². The van der Waals surface area contributed by atoms with Gasteiger partial charge in [0.05, 0.1) is 31.9 Å². The molecule has 1 fully saturated rings. The maximum absolute atomic E-state index is 11.0. The molecule has 0 radical (unpaired) electrons. The Morgan fingerprint density at radius 3 is 2.34 bits per heavy atom. The summed E-state index contributed by atoms with van der Waals surface area (Å²) in [6, 6.07) is 0. The number of imidazole rings is 3. The van der Waals surface area contributed by atoms with E-state index in [2.05, 4.69) is 54.8 Å². The molecule has 216 valence electrons. The highest BCUT2D eigenvalue weighted by atomic mass is 35.5. The number of anilines is 2. The highest BCUT2D eigenvalue weighted by molar-refractivity contribution is 5.85. The van der Waals surface area contributed by atoms with Crippen molar-refractivity contribution in [3.63, 3.8) is 0 Å². The van der Waals surface area contributed by atoms with Crippen molar-refractivity contribution in [1.82, 2.24) is 59.4 Å². The first-order valence-corrected chi connectivity index (χ1v) is 11.4. The van der Waals surface area contributed by atoms with Crippen molar-refractivity contribution in [1.29, 1.82) is 0 Å². The molecule has 1 aliphatic rings. The van der Waals surface area contributed by atoms with Crippen LogP contribution in [0.25, 0.3) is 33.5 Å². The monoisotopic (exact) mass is 590 g/mol. The molecule has 7 heterocycles. The minimum absolute atomic E-state index is 0. The average molecular weight is 591 g/mol. The zero-order chi connectivity index (χ0) is 28.4. The lowest BCUT2D eigenvalue weighted by molar-refractivity contribution is -0.0511. The summed E-state index contributed by atoms with van der Waals surface area (Å²) in [7, 11) is 0. The molecule has 4 atom stereocenters. The fourth-order valence-electron chi connectivity index (χ4n) is 3.81. The number of aromatic nitrogens is 12. The van der Waals surface area contributed by atoms with Gasteiger partial charge in [-0.05, 0) is 0 Å². The molecule has 41 heavy (non-hydrogen) atoms. The van der Waals surface area contributed by atoms with Gasteiger partial charge in [-0.2, -0.15) is 4.98 Å². The molecule has 0 aliphatic carbocycles. The molecule has 0 spiro atoms. The minimum atomic E-state index is -1.19. The van der Waals surface area contributed by atoms with Gasteiger partial charge in [-0.1, -0.05) is 0 Å².